The first-order valence-electron chi connectivity index (χ1n) is 4.93. The second kappa shape index (κ2) is 5.38. The molecule has 0 saturated heterocycles. The van der Waals surface area contributed by atoms with Gasteiger partial charge in [-0.05, 0) is 19.3 Å². The molecule has 0 aliphatic heterocycles. The molecule has 0 heterocycles. The summed E-state index contributed by atoms with van der Waals surface area (Å²) in [6.07, 6.45) is 14.9. The molecule has 0 saturated carbocycles. The Morgan fingerprint density at radius 1 is 1.36 bits per heavy atom. The van der Waals surface area contributed by atoms with Crippen LogP contribution in [-0.2, 0) is 4.79 Å². The maximum atomic E-state index is 11.2. The lowest BCUT2D eigenvalue weighted by Gasteiger charge is -2.02. The number of allylic oxidation sites excluding steroid dienone is 8. The van der Waals surface area contributed by atoms with Gasteiger partial charge in [0, 0.05) is 5.57 Å². The Balaban J connectivity index is 2.90. The van der Waals surface area contributed by atoms with Crippen molar-refractivity contribution in [2.24, 2.45) is 5.92 Å². The fraction of sp³-hybridized carbons (Fsp3) is 0.308. The molecule has 1 nitrogen and oxygen atoms in total. The van der Waals surface area contributed by atoms with Gasteiger partial charge in [-0.2, -0.15) is 0 Å². The first-order valence-corrected chi connectivity index (χ1v) is 4.93. The fourth-order valence-electron chi connectivity index (χ4n) is 1.23. The summed E-state index contributed by atoms with van der Waals surface area (Å²) < 4.78 is 0. The molecule has 1 atom stereocenters. The molecular weight excluding hydrogens is 172 g/mol. The lowest BCUT2D eigenvalue weighted by atomic mass is 10.0. The van der Waals surface area contributed by atoms with Crippen molar-refractivity contribution in [2.75, 3.05) is 0 Å². The van der Waals surface area contributed by atoms with E-state index in [0.717, 1.165) is 12.0 Å². The van der Waals surface area contributed by atoms with Crippen LogP contribution in [0, 0.1) is 5.92 Å². The minimum absolute atomic E-state index is 0.114. The monoisotopic (exact) mass is 188 g/mol. The van der Waals surface area contributed by atoms with Gasteiger partial charge in [-0.25, -0.2) is 0 Å². The summed E-state index contributed by atoms with van der Waals surface area (Å²) in [6, 6.07) is 0. The van der Waals surface area contributed by atoms with Crippen LogP contribution < -0.4 is 0 Å². The van der Waals surface area contributed by atoms with Gasteiger partial charge in [0.05, 0.1) is 0 Å². The van der Waals surface area contributed by atoms with Crippen LogP contribution in [0.5, 0.6) is 0 Å². The first kappa shape index (κ1) is 10.7. The summed E-state index contributed by atoms with van der Waals surface area (Å²) in [5.74, 6) is 0.600. The average Bonchev–Trinajstić information content (AvgIpc) is 2.15. The molecule has 14 heavy (non-hydrogen) atoms. The van der Waals surface area contributed by atoms with E-state index in [-0.39, 0.29) is 5.78 Å². The summed E-state index contributed by atoms with van der Waals surface area (Å²) in [7, 11) is 0. The van der Waals surface area contributed by atoms with E-state index in [9.17, 15) is 4.79 Å². The lowest BCUT2D eigenvalue weighted by Crippen LogP contribution is -1.94. The lowest BCUT2D eigenvalue weighted by molar-refractivity contribution is -0.113. The summed E-state index contributed by atoms with van der Waals surface area (Å²) in [6.45, 7) is 3.74. The quantitative estimate of drug-likeness (QED) is 0.617. The second-order valence-electron chi connectivity index (χ2n) is 3.56. The summed E-state index contributed by atoms with van der Waals surface area (Å²) in [5.41, 5.74) is 0.767. The van der Waals surface area contributed by atoms with E-state index in [1.165, 1.54) is 0 Å². The highest BCUT2D eigenvalue weighted by molar-refractivity contribution is 5.96. The van der Waals surface area contributed by atoms with Gasteiger partial charge in [0.1, 0.15) is 0 Å². The summed E-state index contributed by atoms with van der Waals surface area (Å²) >= 11 is 0. The van der Waals surface area contributed by atoms with E-state index < -0.39 is 0 Å². The molecule has 0 fully saturated rings. The highest BCUT2D eigenvalue weighted by Crippen LogP contribution is 2.09. The van der Waals surface area contributed by atoms with Crippen molar-refractivity contribution in [1.29, 1.82) is 0 Å². The van der Waals surface area contributed by atoms with Crippen LogP contribution in [0.3, 0.4) is 0 Å². The topological polar surface area (TPSA) is 17.1 Å². The zero-order chi connectivity index (χ0) is 10.4. The maximum Gasteiger partial charge on any atom is 0.159 e. The van der Waals surface area contributed by atoms with E-state index in [4.69, 9.17) is 0 Å². The van der Waals surface area contributed by atoms with Gasteiger partial charge < -0.3 is 0 Å². The van der Waals surface area contributed by atoms with Crippen LogP contribution in [-0.4, -0.2) is 5.78 Å². The van der Waals surface area contributed by atoms with Gasteiger partial charge in [-0.1, -0.05) is 49.5 Å². The fourth-order valence-corrected chi connectivity index (χ4v) is 1.23. The van der Waals surface area contributed by atoms with E-state index in [2.05, 4.69) is 19.1 Å². The summed E-state index contributed by atoms with van der Waals surface area (Å²) in [4.78, 5) is 11.2. The highest BCUT2D eigenvalue weighted by atomic mass is 16.1. The number of ketones is 1. The summed E-state index contributed by atoms with van der Waals surface area (Å²) in [5, 5.41) is 0. The van der Waals surface area contributed by atoms with Crippen LogP contribution in [0.1, 0.15) is 20.3 Å². The van der Waals surface area contributed by atoms with Crippen LogP contribution in [0.2, 0.25) is 0 Å². The van der Waals surface area contributed by atoms with Crippen LogP contribution >= 0.6 is 0 Å². The van der Waals surface area contributed by atoms with Gasteiger partial charge in [0.2, 0.25) is 0 Å². The van der Waals surface area contributed by atoms with Crippen molar-refractivity contribution in [2.45, 2.75) is 20.3 Å². The van der Waals surface area contributed by atoms with Gasteiger partial charge in [-0.3, -0.25) is 4.79 Å². The van der Waals surface area contributed by atoms with Crippen molar-refractivity contribution in [3.05, 3.63) is 48.1 Å². The van der Waals surface area contributed by atoms with Crippen molar-refractivity contribution in [3.8, 4) is 0 Å². The Morgan fingerprint density at radius 2 is 2.14 bits per heavy atom. The number of carbonyl (C=O) groups excluding carboxylic acids is 1. The smallest absolute Gasteiger partial charge is 0.159 e. The van der Waals surface area contributed by atoms with Gasteiger partial charge in [0.15, 0.2) is 5.78 Å². The average molecular weight is 188 g/mol. The molecule has 0 aromatic carbocycles. The molecule has 0 spiro atoms. The molecule has 1 unspecified atom stereocenters. The number of carbonyl (C=O) groups is 1. The Hall–Kier alpha value is -1.37. The van der Waals surface area contributed by atoms with Crippen LogP contribution in [0.15, 0.2) is 48.1 Å². The molecule has 74 valence electrons. The van der Waals surface area contributed by atoms with E-state index in [0.29, 0.717) is 5.92 Å². The third kappa shape index (κ3) is 3.56. The number of Topliss-reactive ketones (excluding diaryl/α,β-unsaturated/α-hetero) is 1. The molecule has 1 aliphatic carbocycles. The van der Waals surface area contributed by atoms with E-state index in [1.807, 2.05) is 30.4 Å². The SMILES string of the molecule is CC(=O)C1=C/C=C/C=C\CC(C)C=C1. The highest BCUT2D eigenvalue weighted by Gasteiger charge is 1.99. The Labute approximate surface area is 85.5 Å². The molecule has 1 rings (SSSR count). The molecule has 0 radical (unpaired) electrons. The molecule has 1 aliphatic rings. The molecule has 0 bridgehead atoms. The van der Waals surface area contributed by atoms with Gasteiger partial charge >= 0.3 is 0 Å². The molecule has 0 aromatic rings. The minimum atomic E-state index is 0.114. The Kier molecular flexibility index (Phi) is 4.11. The number of hydrogen-bond acceptors (Lipinski definition) is 1. The van der Waals surface area contributed by atoms with Crippen molar-refractivity contribution in [1.82, 2.24) is 0 Å². The van der Waals surface area contributed by atoms with E-state index in [1.54, 1.807) is 6.92 Å². The normalized spacial score (nSPS) is 26.4. The standard InChI is InChI=1S/C13H16O/c1-11-7-5-3-4-6-8-13(10-9-11)12(2)14/h3-6,8-11H,7H2,1-2H3/b5-3-,6-4+,10-9?,13-8?. The minimum Gasteiger partial charge on any atom is -0.295 e. The van der Waals surface area contributed by atoms with Crippen molar-refractivity contribution >= 4 is 5.78 Å². The van der Waals surface area contributed by atoms with Crippen molar-refractivity contribution in [3.63, 3.8) is 0 Å². The maximum absolute atomic E-state index is 11.2. The zero-order valence-corrected chi connectivity index (χ0v) is 8.73. The van der Waals surface area contributed by atoms with Crippen LogP contribution in [0.25, 0.3) is 0 Å². The Bertz CT molecular complexity index is 316. The number of rotatable bonds is 1. The van der Waals surface area contributed by atoms with Gasteiger partial charge in [0.25, 0.3) is 0 Å². The Morgan fingerprint density at radius 3 is 2.86 bits per heavy atom. The third-order valence-electron chi connectivity index (χ3n) is 2.15. The van der Waals surface area contributed by atoms with E-state index >= 15 is 0 Å². The first-order chi connectivity index (χ1) is 6.70. The predicted molar refractivity (Wildman–Crippen MR) is 60.0 cm³/mol. The molecule has 0 amide bonds. The largest absolute Gasteiger partial charge is 0.295 e. The number of hydrogen-bond donors (Lipinski definition) is 0. The molecular formula is C13H16O. The predicted octanol–water partition coefficient (Wildman–Crippen LogP) is 3.21. The van der Waals surface area contributed by atoms with Crippen molar-refractivity contribution < 1.29 is 4.79 Å². The zero-order valence-electron chi connectivity index (χ0n) is 8.73. The molecule has 1 heteroatoms. The second-order valence-corrected chi connectivity index (χ2v) is 3.56. The van der Waals surface area contributed by atoms with Gasteiger partial charge in [-0.15, -0.1) is 0 Å². The third-order valence-corrected chi connectivity index (χ3v) is 2.15. The van der Waals surface area contributed by atoms with Crippen LogP contribution in [0.4, 0.5) is 0 Å². The molecule has 0 aromatic heterocycles. The molecule has 0 N–H and O–H groups in total.